The van der Waals surface area contributed by atoms with Crippen LogP contribution in [-0.4, -0.2) is 55.7 Å². The van der Waals surface area contributed by atoms with E-state index in [2.05, 4.69) is 5.32 Å². The van der Waals surface area contributed by atoms with Gasteiger partial charge >= 0.3 is 11.9 Å². The minimum atomic E-state index is -1.03. The van der Waals surface area contributed by atoms with Gasteiger partial charge in [0.1, 0.15) is 11.6 Å². The number of benzene rings is 1. The molecule has 0 spiro atoms. The molecule has 1 aromatic carbocycles. The number of methoxy groups -OCH3 is 1. The van der Waals surface area contributed by atoms with Crippen LogP contribution in [0.2, 0.25) is 0 Å². The van der Waals surface area contributed by atoms with Gasteiger partial charge in [0.15, 0.2) is 5.79 Å². The highest BCUT2D eigenvalue weighted by Crippen LogP contribution is 2.38. The number of carbonyl (C=O) groups excluding carboxylic acids is 2. The summed E-state index contributed by atoms with van der Waals surface area (Å²) in [5.41, 5.74) is -0.0542. The first-order chi connectivity index (χ1) is 13.3. The van der Waals surface area contributed by atoms with Crippen molar-refractivity contribution in [3.05, 3.63) is 35.9 Å². The Morgan fingerprint density at radius 3 is 2.54 bits per heavy atom. The monoisotopic (exact) mass is 391 g/mol. The molecule has 1 N–H and O–H groups in total. The summed E-state index contributed by atoms with van der Waals surface area (Å²) in [5, 5.41) is 3.39. The van der Waals surface area contributed by atoms with Crippen LogP contribution in [0.25, 0.3) is 0 Å². The van der Waals surface area contributed by atoms with Crippen LogP contribution in [0.15, 0.2) is 30.3 Å². The van der Waals surface area contributed by atoms with Crippen molar-refractivity contribution >= 4 is 11.9 Å². The van der Waals surface area contributed by atoms with Gasteiger partial charge in [-0.2, -0.15) is 0 Å². The largest absolute Gasteiger partial charge is 0.468 e. The first kappa shape index (κ1) is 20.8. The van der Waals surface area contributed by atoms with Gasteiger partial charge < -0.3 is 18.9 Å². The van der Waals surface area contributed by atoms with Gasteiger partial charge in [0.2, 0.25) is 0 Å². The van der Waals surface area contributed by atoms with Crippen LogP contribution in [-0.2, 0) is 35.0 Å². The second-order valence-electron chi connectivity index (χ2n) is 7.84. The van der Waals surface area contributed by atoms with Crippen molar-refractivity contribution in [2.75, 3.05) is 20.3 Å². The predicted octanol–water partition coefficient (Wildman–Crippen LogP) is 1.83. The van der Waals surface area contributed by atoms with Crippen molar-refractivity contribution in [2.24, 2.45) is 5.92 Å². The van der Waals surface area contributed by atoms with Crippen LogP contribution in [0.5, 0.6) is 0 Å². The highest BCUT2D eigenvalue weighted by molar-refractivity contribution is 5.85. The molecule has 0 bridgehead atoms. The zero-order chi connectivity index (χ0) is 20.4. The van der Waals surface area contributed by atoms with E-state index in [1.54, 1.807) is 6.92 Å². The van der Waals surface area contributed by atoms with E-state index in [-0.39, 0.29) is 25.1 Å². The molecule has 0 saturated carbocycles. The quantitative estimate of drug-likeness (QED) is 0.741. The molecule has 2 fully saturated rings. The van der Waals surface area contributed by atoms with Crippen molar-refractivity contribution < 1.29 is 28.5 Å². The van der Waals surface area contributed by atoms with Crippen molar-refractivity contribution in [3.8, 4) is 0 Å². The smallest absolute Gasteiger partial charge is 0.326 e. The summed E-state index contributed by atoms with van der Waals surface area (Å²) in [7, 11) is 1.36. The number of esters is 2. The van der Waals surface area contributed by atoms with Crippen LogP contribution in [0.3, 0.4) is 0 Å². The van der Waals surface area contributed by atoms with Crippen LogP contribution in [0.1, 0.15) is 32.8 Å². The number of nitrogens with one attached hydrogen (secondary N) is 1. The Morgan fingerprint density at radius 1 is 1.25 bits per heavy atom. The van der Waals surface area contributed by atoms with E-state index in [0.717, 1.165) is 5.56 Å². The molecule has 2 heterocycles. The molecule has 1 aromatic rings. The normalized spacial score (nSPS) is 31.5. The minimum Gasteiger partial charge on any atom is -0.468 e. The fourth-order valence-corrected chi connectivity index (χ4v) is 4.18. The summed E-state index contributed by atoms with van der Waals surface area (Å²) in [4.78, 5) is 25.6. The van der Waals surface area contributed by atoms with E-state index in [4.69, 9.17) is 18.9 Å². The average molecular weight is 391 g/mol. The van der Waals surface area contributed by atoms with E-state index in [1.165, 1.54) is 7.11 Å². The summed E-state index contributed by atoms with van der Waals surface area (Å²) in [6, 6.07) is 9.27. The van der Waals surface area contributed by atoms with Gasteiger partial charge in [-0.25, -0.2) is 0 Å². The molecule has 2 aliphatic heterocycles. The van der Waals surface area contributed by atoms with Crippen molar-refractivity contribution in [1.82, 2.24) is 5.32 Å². The van der Waals surface area contributed by atoms with Gasteiger partial charge in [0, 0.05) is 12.5 Å². The van der Waals surface area contributed by atoms with Gasteiger partial charge in [0.05, 0.1) is 26.2 Å². The molecule has 0 radical (unpaired) electrons. The lowest BCUT2D eigenvalue weighted by molar-refractivity contribution is -0.155. The third kappa shape index (κ3) is 4.21. The Balaban J connectivity index is 1.92. The predicted molar refractivity (Wildman–Crippen MR) is 101 cm³/mol. The SMILES string of the molecule is CCOC(=O)C1CC(Cc2ccccc2)(C(=O)OC)NC1C1COC(C)(C)O1. The zero-order valence-corrected chi connectivity index (χ0v) is 16.9. The fourth-order valence-electron chi connectivity index (χ4n) is 4.18. The maximum Gasteiger partial charge on any atom is 0.326 e. The first-order valence-corrected chi connectivity index (χ1v) is 9.69. The van der Waals surface area contributed by atoms with Crippen molar-refractivity contribution in [2.45, 2.75) is 57.1 Å². The van der Waals surface area contributed by atoms with Gasteiger partial charge in [-0.3, -0.25) is 14.9 Å². The molecule has 3 rings (SSSR count). The number of carbonyl (C=O) groups is 2. The van der Waals surface area contributed by atoms with Crippen LogP contribution in [0.4, 0.5) is 0 Å². The lowest BCUT2D eigenvalue weighted by Gasteiger charge is -2.29. The van der Waals surface area contributed by atoms with Gasteiger partial charge in [0.25, 0.3) is 0 Å². The van der Waals surface area contributed by atoms with Crippen LogP contribution in [0, 0.1) is 5.92 Å². The number of rotatable bonds is 6. The maximum atomic E-state index is 12.8. The van der Waals surface area contributed by atoms with Gasteiger partial charge in [-0.15, -0.1) is 0 Å². The lowest BCUT2D eigenvalue weighted by atomic mass is 9.85. The lowest BCUT2D eigenvalue weighted by Crippen LogP contribution is -2.55. The van der Waals surface area contributed by atoms with Gasteiger partial charge in [-0.1, -0.05) is 30.3 Å². The van der Waals surface area contributed by atoms with Gasteiger partial charge in [-0.05, 0) is 32.8 Å². The minimum absolute atomic E-state index is 0.276. The van der Waals surface area contributed by atoms with E-state index in [9.17, 15) is 9.59 Å². The van der Waals surface area contributed by atoms with E-state index in [0.29, 0.717) is 13.0 Å². The Kier molecular flexibility index (Phi) is 6.07. The summed E-state index contributed by atoms with van der Waals surface area (Å²) in [6.07, 6.45) is 0.314. The van der Waals surface area contributed by atoms with Crippen molar-refractivity contribution in [3.63, 3.8) is 0 Å². The molecule has 2 saturated heterocycles. The molecule has 0 amide bonds. The Bertz CT molecular complexity index is 706. The summed E-state index contributed by atoms with van der Waals surface area (Å²) < 4.78 is 22.1. The van der Waals surface area contributed by atoms with Crippen molar-refractivity contribution in [1.29, 1.82) is 0 Å². The molecule has 7 heteroatoms. The first-order valence-electron chi connectivity index (χ1n) is 9.69. The molecular weight excluding hydrogens is 362 g/mol. The Morgan fingerprint density at radius 2 is 1.96 bits per heavy atom. The Hall–Kier alpha value is -1.96. The Labute approximate surface area is 165 Å². The second kappa shape index (κ2) is 8.19. The molecular formula is C21H29NO6. The fraction of sp³-hybridized carbons (Fsp3) is 0.619. The summed E-state index contributed by atoms with van der Waals surface area (Å²) >= 11 is 0. The standard InChI is InChI=1S/C21H29NO6/c1-5-26-18(23)15-12-21(19(24)25-4,11-14-9-7-6-8-10-14)22-17(15)16-13-27-20(2,3)28-16/h6-10,15-17,22H,5,11-13H2,1-4H3. The third-order valence-electron chi connectivity index (χ3n) is 5.39. The molecule has 154 valence electrons. The van der Waals surface area contributed by atoms with Crippen LogP contribution >= 0.6 is 0 Å². The molecule has 4 atom stereocenters. The number of hydrogen-bond acceptors (Lipinski definition) is 7. The summed E-state index contributed by atoms with van der Waals surface area (Å²) in [6.45, 7) is 6.05. The molecule has 0 aromatic heterocycles. The maximum absolute atomic E-state index is 12.8. The molecule has 7 nitrogen and oxygen atoms in total. The average Bonchev–Trinajstić information content (AvgIpc) is 3.23. The van der Waals surface area contributed by atoms with E-state index >= 15 is 0 Å². The number of ether oxygens (including phenoxy) is 4. The third-order valence-corrected chi connectivity index (χ3v) is 5.39. The van der Waals surface area contributed by atoms with E-state index < -0.39 is 29.3 Å². The molecule has 28 heavy (non-hydrogen) atoms. The molecule has 4 unspecified atom stereocenters. The zero-order valence-electron chi connectivity index (χ0n) is 16.9. The number of hydrogen-bond donors (Lipinski definition) is 1. The van der Waals surface area contributed by atoms with E-state index in [1.807, 2.05) is 44.2 Å². The highest BCUT2D eigenvalue weighted by atomic mass is 16.7. The second-order valence-corrected chi connectivity index (χ2v) is 7.84. The molecule has 0 aliphatic carbocycles. The summed E-state index contributed by atoms with van der Waals surface area (Å²) in [5.74, 6) is -2.01. The highest BCUT2D eigenvalue weighted by Gasteiger charge is 2.57. The molecule has 2 aliphatic rings. The van der Waals surface area contributed by atoms with Crippen LogP contribution < -0.4 is 5.32 Å². The topological polar surface area (TPSA) is 83.1 Å².